The molecule has 0 aliphatic heterocycles. The first kappa shape index (κ1) is 43.1. The van der Waals surface area contributed by atoms with Crippen LogP contribution in [0.2, 0.25) is 0 Å². The summed E-state index contributed by atoms with van der Waals surface area (Å²) in [7, 11) is 0. The number of allylic oxidation sites excluding steroid dienone is 2. The molecule has 0 atom stereocenters. The topological polar surface area (TPSA) is 63.3 Å². The Morgan fingerprint density at radius 3 is 2.04 bits per heavy atom. The number of pyridine rings is 1. The summed E-state index contributed by atoms with van der Waals surface area (Å²) in [5, 5.41) is 14.8. The van der Waals surface area contributed by atoms with Crippen LogP contribution in [0.4, 0.5) is 0 Å². The molecule has 2 aromatic heterocycles. The van der Waals surface area contributed by atoms with Gasteiger partial charge in [0.05, 0.1) is 5.52 Å². The third kappa shape index (κ3) is 8.74. The Morgan fingerprint density at radius 2 is 1.48 bits per heavy atom. The van der Waals surface area contributed by atoms with E-state index in [2.05, 4.69) is 104 Å². The number of fused-ring (bicyclic) bond motifs is 4. The summed E-state index contributed by atoms with van der Waals surface area (Å²) in [4.78, 5) is 17.5. The molecule has 52 heavy (non-hydrogen) atoms. The van der Waals surface area contributed by atoms with Crippen molar-refractivity contribution in [2.45, 2.75) is 134 Å². The van der Waals surface area contributed by atoms with Crippen molar-refractivity contribution in [3.8, 4) is 11.3 Å². The summed E-state index contributed by atoms with van der Waals surface area (Å²) in [6, 6.07) is 19.0. The summed E-state index contributed by atoms with van der Waals surface area (Å²) in [6.45, 7) is 29.9. The number of aryl methyl sites for hydroxylation is 3. The molecule has 0 aliphatic rings. The third-order valence-corrected chi connectivity index (χ3v) is 11.4. The standard InChI is InChI=1S/C32H34NO.C15H28O2.Ir/c1-18(2)13-27-21(5)29-30(33-26-15-19(3)14-20(4)28(26)31(29)34-27)23-16-22-11-9-10-12-24(22)25(17-23)32(6,7)8;1-7-14(5,8-2)12(16)11-13(17)15(6,9-3)10-4;/h9-12,14-15,17-18H,13H2,1-8H3;11,16H,7-10H2,1-6H3;/q-1;;/b;12-11-;. The van der Waals surface area contributed by atoms with E-state index in [4.69, 9.17) is 9.40 Å². The van der Waals surface area contributed by atoms with E-state index in [0.717, 1.165) is 76.4 Å². The summed E-state index contributed by atoms with van der Waals surface area (Å²) >= 11 is 0. The van der Waals surface area contributed by atoms with Crippen LogP contribution in [0.15, 0.2) is 58.7 Å². The maximum atomic E-state index is 12.2. The van der Waals surface area contributed by atoms with Gasteiger partial charge in [0.1, 0.15) is 17.1 Å². The average molecular weight is 881 g/mol. The van der Waals surface area contributed by atoms with Crippen molar-refractivity contribution in [2.24, 2.45) is 16.7 Å². The number of aromatic nitrogens is 1. The Balaban J connectivity index is 0.000000347. The van der Waals surface area contributed by atoms with Crippen molar-refractivity contribution in [3.05, 3.63) is 88.4 Å². The maximum absolute atomic E-state index is 12.2. The fraction of sp³-hybridized carbons (Fsp3) is 0.489. The molecule has 0 amide bonds. The first-order valence-corrected chi connectivity index (χ1v) is 19.1. The van der Waals surface area contributed by atoms with E-state index in [1.165, 1.54) is 33.7 Å². The van der Waals surface area contributed by atoms with Gasteiger partial charge in [-0.05, 0) is 80.5 Å². The molecule has 0 saturated carbocycles. The molecule has 283 valence electrons. The van der Waals surface area contributed by atoms with Crippen LogP contribution in [-0.4, -0.2) is 15.9 Å². The molecule has 0 unspecified atom stereocenters. The first-order chi connectivity index (χ1) is 23.8. The second kappa shape index (κ2) is 16.8. The van der Waals surface area contributed by atoms with Gasteiger partial charge in [0.15, 0.2) is 5.78 Å². The Labute approximate surface area is 327 Å². The van der Waals surface area contributed by atoms with Gasteiger partial charge in [-0.1, -0.05) is 111 Å². The van der Waals surface area contributed by atoms with Crippen LogP contribution in [0.3, 0.4) is 0 Å². The van der Waals surface area contributed by atoms with Crippen LogP contribution in [0.1, 0.15) is 130 Å². The predicted octanol–water partition coefficient (Wildman–Crippen LogP) is 13.7. The number of carbonyl (C=O) groups is 1. The molecule has 1 N–H and O–H groups in total. The van der Waals surface area contributed by atoms with Crippen LogP contribution < -0.4 is 0 Å². The van der Waals surface area contributed by atoms with Crippen molar-refractivity contribution >= 4 is 38.4 Å². The summed E-state index contributed by atoms with van der Waals surface area (Å²) in [5.74, 6) is 1.87. The van der Waals surface area contributed by atoms with Crippen LogP contribution in [0.25, 0.3) is 43.9 Å². The number of hydrogen-bond acceptors (Lipinski definition) is 4. The molecule has 0 saturated heterocycles. The first-order valence-electron chi connectivity index (χ1n) is 19.1. The van der Waals surface area contributed by atoms with E-state index < -0.39 is 0 Å². The molecule has 5 aromatic rings. The Morgan fingerprint density at radius 1 is 0.885 bits per heavy atom. The van der Waals surface area contributed by atoms with E-state index >= 15 is 0 Å². The van der Waals surface area contributed by atoms with Crippen LogP contribution in [0.5, 0.6) is 0 Å². The zero-order chi connectivity index (χ0) is 38.1. The predicted molar refractivity (Wildman–Crippen MR) is 218 cm³/mol. The minimum absolute atomic E-state index is 0. The molecular formula is C47H62IrNO3-. The number of rotatable bonds is 10. The van der Waals surface area contributed by atoms with Gasteiger partial charge in [0.25, 0.3) is 0 Å². The quantitative estimate of drug-likeness (QED) is 0.0862. The monoisotopic (exact) mass is 881 g/mol. The maximum Gasteiger partial charge on any atom is 0.164 e. The van der Waals surface area contributed by atoms with E-state index in [1.54, 1.807) is 0 Å². The second-order valence-corrected chi connectivity index (χ2v) is 16.7. The van der Waals surface area contributed by atoms with Gasteiger partial charge in [-0.25, -0.2) is 0 Å². The number of hydrogen-bond donors (Lipinski definition) is 1. The number of benzene rings is 3. The largest absolute Gasteiger partial charge is 0.512 e. The second-order valence-electron chi connectivity index (χ2n) is 16.7. The summed E-state index contributed by atoms with van der Waals surface area (Å²) in [5.41, 5.74) is 8.30. The van der Waals surface area contributed by atoms with Gasteiger partial charge in [-0.3, -0.25) is 9.78 Å². The van der Waals surface area contributed by atoms with E-state index in [-0.39, 0.29) is 47.9 Å². The Hall–Kier alpha value is -3.27. The molecule has 1 radical (unpaired) electrons. The number of aliphatic hydroxyl groups is 1. The molecule has 0 fully saturated rings. The zero-order valence-electron chi connectivity index (χ0n) is 34.3. The molecule has 0 spiro atoms. The molecule has 3 aromatic carbocycles. The number of furan rings is 1. The summed E-state index contributed by atoms with van der Waals surface area (Å²) < 4.78 is 6.64. The van der Waals surface area contributed by atoms with E-state index in [0.29, 0.717) is 5.92 Å². The van der Waals surface area contributed by atoms with Crippen LogP contribution in [0, 0.1) is 43.6 Å². The zero-order valence-corrected chi connectivity index (χ0v) is 36.7. The van der Waals surface area contributed by atoms with E-state index in [1.807, 2.05) is 41.5 Å². The fourth-order valence-electron chi connectivity index (χ4n) is 6.95. The van der Waals surface area contributed by atoms with Crippen LogP contribution >= 0.6 is 0 Å². The van der Waals surface area contributed by atoms with Gasteiger partial charge in [0.2, 0.25) is 0 Å². The number of nitrogens with zero attached hydrogens (tertiary/aromatic N) is 1. The van der Waals surface area contributed by atoms with Gasteiger partial charge in [0, 0.05) is 59.9 Å². The van der Waals surface area contributed by atoms with Crippen molar-refractivity contribution in [1.29, 1.82) is 0 Å². The normalized spacial score (nSPS) is 12.7. The molecule has 4 nitrogen and oxygen atoms in total. The Bertz CT molecular complexity index is 2070. The summed E-state index contributed by atoms with van der Waals surface area (Å²) in [6.07, 6.45) is 5.67. The van der Waals surface area contributed by atoms with Gasteiger partial charge in [-0.2, -0.15) is 0 Å². The van der Waals surface area contributed by atoms with Crippen LogP contribution in [-0.2, 0) is 36.7 Å². The molecule has 5 heteroatoms. The van der Waals surface area contributed by atoms with Gasteiger partial charge >= 0.3 is 0 Å². The van der Waals surface area contributed by atoms with Crippen molar-refractivity contribution < 1.29 is 34.4 Å². The van der Waals surface area contributed by atoms with E-state index in [9.17, 15) is 9.90 Å². The van der Waals surface area contributed by atoms with Gasteiger partial charge < -0.3 is 9.52 Å². The van der Waals surface area contributed by atoms with Crippen molar-refractivity contribution in [3.63, 3.8) is 0 Å². The molecule has 2 heterocycles. The van der Waals surface area contributed by atoms with Gasteiger partial charge in [-0.15, -0.1) is 29.1 Å². The molecular weight excluding hydrogens is 819 g/mol. The minimum Gasteiger partial charge on any atom is -0.512 e. The van der Waals surface area contributed by atoms with Crippen molar-refractivity contribution in [2.75, 3.05) is 0 Å². The number of aliphatic hydroxyl groups excluding tert-OH is 1. The molecule has 0 bridgehead atoms. The molecule has 5 rings (SSSR count). The molecule has 0 aliphatic carbocycles. The number of ketones is 1. The average Bonchev–Trinajstić information content (AvgIpc) is 3.40. The third-order valence-electron chi connectivity index (χ3n) is 11.4. The minimum atomic E-state index is -0.337. The number of carbonyl (C=O) groups excluding carboxylic acids is 1. The Kier molecular flexibility index (Phi) is 13.9. The van der Waals surface area contributed by atoms with Crippen molar-refractivity contribution in [1.82, 2.24) is 4.98 Å². The smallest absolute Gasteiger partial charge is 0.164 e. The SMILES string of the molecule is CCC(C)(CC)C(=O)/C=C(\O)C(C)(CC)CC.Cc1cc(C)c2c(c1)nc(-c1[c-]c3ccccc3c(C(C)(C)C)c1)c1c(C)c(CC(C)C)oc12.[Ir]. The fourth-order valence-corrected chi connectivity index (χ4v) is 6.95.